The van der Waals surface area contributed by atoms with Crippen molar-refractivity contribution in [3.8, 4) is 0 Å². The molecule has 0 heterocycles. The molecule has 0 fully saturated rings. The van der Waals surface area contributed by atoms with Crippen LogP contribution in [0.4, 0.5) is 26.7 Å². The number of hydrogen-bond donors (Lipinski definition) is 6. The number of rotatable bonds is 29. The number of carbonyl (C=O) groups excluding carboxylic acids is 9. The number of unbranched alkanes of at least 4 members (excludes halogenated alkanes) is 1. The standard InChI is InChI=1S/C50H71N7O10/c1-11-43(61)53-38-25-36(26-39(28-38)54-44(62)12-2)40(58)17-13-14-18-45(63)56-46(31(5)6)41(59)27-35(16-15-23-52-49(51)65)48(64)55-37-21-19-34(20-22-37)29-67-50(66)57(10)47(32(7)8)42(60)24-33(9)30(3)4/h11-12,19-22,25-26,28,30-33,35,46-47H,1-2,13-18,23-24,27,29H2,3-10H3,(H,53,61)(H,54,62)(H,55,64)(H,56,63)(H3,51,52,65)/t33-,35+,46-,47-/m0/s1. The molecule has 0 bridgehead atoms. The van der Waals surface area contributed by atoms with E-state index < -0.39 is 53.8 Å². The fraction of sp³-hybridized carbons (Fsp3) is 0.500. The maximum absolute atomic E-state index is 13.8. The molecule has 2 aromatic rings. The fourth-order valence-corrected chi connectivity index (χ4v) is 7.15. The number of carbonyl (C=O) groups is 9. The van der Waals surface area contributed by atoms with Crippen molar-refractivity contribution in [1.29, 1.82) is 0 Å². The van der Waals surface area contributed by atoms with Crippen molar-refractivity contribution < 1.29 is 47.9 Å². The largest absolute Gasteiger partial charge is 0.445 e. The van der Waals surface area contributed by atoms with Gasteiger partial charge in [0.05, 0.1) is 12.1 Å². The lowest BCUT2D eigenvalue weighted by atomic mass is 9.87. The molecular formula is C50H71N7O10. The highest BCUT2D eigenvalue weighted by molar-refractivity contribution is 6.05. The van der Waals surface area contributed by atoms with E-state index in [1.165, 1.54) is 23.1 Å². The number of nitrogens with two attached hydrogens (primary N) is 1. The van der Waals surface area contributed by atoms with Gasteiger partial charge in [0.25, 0.3) is 0 Å². The number of anilines is 3. The van der Waals surface area contributed by atoms with E-state index in [4.69, 9.17) is 10.5 Å². The molecule has 7 N–H and O–H groups in total. The number of benzene rings is 2. The molecule has 7 amide bonds. The number of likely N-dealkylation sites (N-methyl/N-ethyl adjacent to an activating group) is 1. The Hall–Kier alpha value is -6.65. The van der Waals surface area contributed by atoms with Crippen LogP contribution in [-0.4, -0.2) is 83.7 Å². The molecule has 0 aliphatic heterocycles. The molecule has 366 valence electrons. The Morgan fingerprint density at radius 2 is 1.28 bits per heavy atom. The Bertz CT molecular complexity index is 2040. The first-order chi connectivity index (χ1) is 31.6. The van der Waals surface area contributed by atoms with Crippen LogP contribution < -0.4 is 32.3 Å². The van der Waals surface area contributed by atoms with Gasteiger partial charge in [-0.25, -0.2) is 9.59 Å². The van der Waals surface area contributed by atoms with Gasteiger partial charge in [0, 0.05) is 67.8 Å². The summed E-state index contributed by atoms with van der Waals surface area (Å²) in [6.07, 6.45) is 2.92. The first-order valence-electron chi connectivity index (χ1n) is 22.8. The van der Waals surface area contributed by atoms with Crippen molar-refractivity contribution >= 4 is 70.2 Å². The second-order valence-electron chi connectivity index (χ2n) is 17.8. The van der Waals surface area contributed by atoms with Gasteiger partial charge in [-0.05, 0) is 97.4 Å². The smallest absolute Gasteiger partial charge is 0.410 e. The van der Waals surface area contributed by atoms with Crippen LogP contribution in [0.2, 0.25) is 0 Å². The number of ether oxygens (including phenoxy) is 1. The third-order valence-corrected chi connectivity index (χ3v) is 11.3. The lowest BCUT2D eigenvalue weighted by Crippen LogP contribution is -2.46. The van der Waals surface area contributed by atoms with E-state index in [1.54, 1.807) is 45.2 Å². The van der Waals surface area contributed by atoms with Crippen molar-refractivity contribution in [2.75, 3.05) is 29.5 Å². The predicted octanol–water partition coefficient (Wildman–Crippen LogP) is 7.33. The molecule has 17 nitrogen and oxygen atoms in total. The fourth-order valence-electron chi connectivity index (χ4n) is 7.15. The molecule has 2 rings (SSSR count). The monoisotopic (exact) mass is 930 g/mol. The van der Waals surface area contributed by atoms with E-state index in [-0.39, 0.29) is 90.9 Å². The van der Waals surface area contributed by atoms with Crippen LogP contribution in [0.15, 0.2) is 67.8 Å². The molecule has 4 atom stereocenters. The number of nitrogens with one attached hydrogen (secondary N) is 5. The van der Waals surface area contributed by atoms with E-state index in [9.17, 15) is 43.2 Å². The first-order valence-corrected chi connectivity index (χ1v) is 22.8. The number of primary amides is 1. The van der Waals surface area contributed by atoms with E-state index in [0.29, 0.717) is 42.9 Å². The van der Waals surface area contributed by atoms with Gasteiger partial charge in [0.2, 0.25) is 23.6 Å². The third-order valence-electron chi connectivity index (χ3n) is 11.3. The average molecular weight is 930 g/mol. The van der Waals surface area contributed by atoms with Crippen molar-refractivity contribution in [1.82, 2.24) is 15.5 Å². The van der Waals surface area contributed by atoms with Crippen molar-refractivity contribution in [3.05, 3.63) is 78.9 Å². The van der Waals surface area contributed by atoms with E-state index in [2.05, 4.69) is 53.6 Å². The summed E-state index contributed by atoms with van der Waals surface area (Å²) in [5.74, 6) is -3.31. The Morgan fingerprint density at radius 1 is 0.701 bits per heavy atom. The second kappa shape index (κ2) is 28.4. The molecule has 0 spiro atoms. The molecule has 0 saturated heterocycles. The quantitative estimate of drug-likeness (QED) is 0.0269. The number of urea groups is 1. The number of amides is 7. The topological polar surface area (TPSA) is 252 Å². The summed E-state index contributed by atoms with van der Waals surface area (Å²) in [5, 5.41) is 13.3. The summed E-state index contributed by atoms with van der Waals surface area (Å²) in [7, 11) is 1.56. The van der Waals surface area contributed by atoms with Crippen LogP contribution in [-0.2, 0) is 40.1 Å². The zero-order valence-electron chi connectivity index (χ0n) is 40.3. The maximum Gasteiger partial charge on any atom is 0.410 e. The van der Waals surface area contributed by atoms with Crippen LogP contribution in [0, 0.1) is 29.6 Å². The number of hydrogen-bond acceptors (Lipinski definition) is 10. The maximum atomic E-state index is 13.8. The van der Waals surface area contributed by atoms with Gasteiger partial charge in [-0.3, -0.25) is 33.6 Å². The third kappa shape index (κ3) is 20.2. The summed E-state index contributed by atoms with van der Waals surface area (Å²) in [5.41, 5.74) is 7.06. The Labute approximate surface area is 394 Å². The minimum absolute atomic E-state index is 0.0180. The SMILES string of the molecule is C=CC(=O)Nc1cc(NC(=O)C=C)cc(C(=O)CCCCC(=O)N[C@H](C(=O)C[C@@H](CCCNC(N)=O)C(=O)Nc2ccc(COC(=O)N(C)[C@H](C(=O)C[C@H](C)C(C)C)C(C)C)cc2)C(C)C)c1. The number of ketones is 3. The molecule has 0 aliphatic rings. The lowest BCUT2D eigenvalue weighted by Gasteiger charge is -2.30. The van der Waals surface area contributed by atoms with E-state index in [0.717, 1.165) is 12.2 Å². The molecule has 0 aliphatic carbocycles. The average Bonchev–Trinajstić information content (AvgIpc) is 3.26. The summed E-state index contributed by atoms with van der Waals surface area (Å²) in [6, 6.07) is 8.80. The van der Waals surface area contributed by atoms with Crippen LogP contribution in [0.3, 0.4) is 0 Å². The summed E-state index contributed by atoms with van der Waals surface area (Å²) >= 11 is 0. The van der Waals surface area contributed by atoms with Crippen LogP contribution in [0.25, 0.3) is 0 Å². The molecule has 17 heteroatoms. The van der Waals surface area contributed by atoms with Crippen molar-refractivity contribution in [2.24, 2.45) is 35.3 Å². The van der Waals surface area contributed by atoms with E-state index >= 15 is 0 Å². The Kier molecular flexibility index (Phi) is 23.9. The molecule has 0 aromatic heterocycles. The molecule has 67 heavy (non-hydrogen) atoms. The second-order valence-corrected chi connectivity index (χ2v) is 17.8. The summed E-state index contributed by atoms with van der Waals surface area (Å²) in [4.78, 5) is 116. The van der Waals surface area contributed by atoms with Crippen molar-refractivity contribution in [3.63, 3.8) is 0 Å². The molecular weight excluding hydrogens is 859 g/mol. The van der Waals surface area contributed by atoms with Gasteiger partial charge in [0.1, 0.15) is 6.61 Å². The highest BCUT2D eigenvalue weighted by Crippen LogP contribution is 2.24. The Balaban J connectivity index is 2.06. The summed E-state index contributed by atoms with van der Waals surface area (Å²) < 4.78 is 5.56. The highest BCUT2D eigenvalue weighted by atomic mass is 16.6. The summed E-state index contributed by atoms with van der Waals surface area (Å²) in [6.45, 7) is 20.4. The first kappa shape index (κ1) is 56.5. The number of nitrogens with zero attached hydrogens (tertiary/aromatic N) is 1. The van der Waals surface area contributed by atoms with Crippen molar-refractivity contribution in [2.45, 2.75) is 119 Å². The van der Waals surface area contributed by atoms with Gasteiger partial charge in [0.15, 0.2) is 17.3 Å². The van der Waals surface area contributed by atoms with E-state index in [1.807, 2.05) is 20.8 Å². The normalized spacial score (nSPS) is 12.8. The number of Topliss-reactive ketones (excluding diaryl/α,β-unsaturated/α-hetero) is 3. The van der Waals surface area contributed by atoms with Gasteiger partial charge in [-0.15, -0.1) is 0 Å². The molecule has 0 radical (unpaired) electrons. The minimum atomic E-state index is -0.913. The van der Waals surface area contributed by atoms with Gasteiger partial charge in [-0.1, -0.05) is 73.8 Å². The molecule has 0 unspecified atom stereocenters. The van der Waals surface area contributed by atoms with Gasteiger partial charge in [-0.2, -0.15) is 0 Å². The zero-order valence-corrected chi connectivity index (χ0v) is 40.3. The van der Waals surface area contributed by atoms with Crippen LogP contribution >= 0.6 is 0 Å². The van der Waals surface area contributed by atoms with Crippen LogP contribution in [0.1, 0.15) is 116 Å². The molecule has 2 aromatic carbocycles. The minimum Gasteiger partial charge on any atom is -0.445 e. The van der Waals surface area contributed by atoms with Gasteiger partial charge >= 0.3 is 12.1 Å². The van der Waals surface area contributed by atoms with Gasteiger partial charge < -0.3 is 42.0 Å². The lowest BCUT2D eigenvalue weighted by molar-refractivity contribution is -0.131. The highest BCUT2D eigenvalue weighted by Gasteiger charge is 2.32. The molecule has 0 saturated carbocycles. The predicted molar refractivity (Wildman–Crippen MR) is 259 cm³/mol. The van der Waals surface area contributed by atoms with Crippen LogP contribution in [0.5, 0.6) is 0 Å². The zero-order chi connectivity index (χ0) is 50.4. The Morgan fingerprint density at radius 3 is 1.81 bits per heavy atom.